The summed E-state index contributed by atoms with van der Waals surface area (Å²) in [4.78, 5) is 18.0. The van der Waals surface area contributed by atoms with Crippen molar-refractivity contribution in [2.75, 3.05) is 19.5 Å². The predicted molar refractivity (Wildman–Crippen MR) is 111 cm³/mol. The number of aromatic nitrogens is 3. The maximum absolute atomic E-state index is 12.5. The molecule has 9 heteroatoms. The van der Waals surface area contributed by atoms with Crippen LogP contribution in [0.25, 0.3) is 21.8 Å². The van der Waals surface area contributed by atoms with Crippen molar-refractivity contribution >= 4 is 33.7 Å². The summed E-state index contributed by atoms with van der Waals surface area (Å²) < 4.78 is 10.6. The van der Waals surface area contributed by atoms with Crippen LogP contribution < -0.4 is 14.8 Å². The van der Waals surface area contributed by atoms with E-state index in [9.17, 15) is 4.79 Å². The third-order valence-corrected chi connectivity index (χ3v) is 5.66. The third-order valence-electron chi connectivity index (χ3n) is 4.00. The van der Waals surface area contributed by atoms with Gasteiger partial charge in [0.15, 0.2) is 22.3 Å². The summed E-state index contributed by atoms with van der Waals surface area (Å²) >= 11 is 2.92. The van der Waals surface area contributed by atoms with Crippen LogP contribution in [0, 0.1) is 0 Å². The first-order valence-corrected chi connectivity index (χ1v) is 10.0. The molecule has 0 bridgehead atoms. The molecule has 2 N–H and O–H groups in total. The van der Waals surface area contributed by atoms with Crippen LogP contribution in [0.4, 0.5) is 5.13 Å². The number of nitrogens with zero attached hydrogens (tertiary/aromatic N) is 2. The van der Waals surface area contributed by atoms with Gasteiger partial charge >= 0.3 is 0 Å². The fraction of sp³-hybridized carbons (Fsp3) is 0.105. The largest absolute Gasteiger partial charge is 0.493 e. The zero-order valence-electron chi connectivity index (χ0n) is 15.1. The number of anilines is 1. The molecule has 0 spiro atoms. The lowest BCUT2D eigenvalue weighted by Gasteiger charge is -2.08. The minimum absolute atomic E-state index is 0.311. The molecule has 1 amide bonds. The second kappa shape index (κ2) is 7.83. The number of aromatic amines is 1. The molecule has 0 aliphatic carbocycles. The Balaban J connectivity index is 1.50. The van der Waals surface area contributed by atoms with Gasteiger partial charge in [-0.15, -0.1) is 22.7 Å². The highest BCUT2D eigenvalue weighted by molar-refractivity contribution is 7.14. The predicted octanol–water partition coefficient (Wildman–Crippen LogP) is 4.53. The van der Waals surface area contributed by atoms with Gasteiger partial charge in [-0.3, -0.25) is 15.2 Å². The number of carbonyl (C=O) groups is 1. The van der Waals surface area contributed by atoms with Gasteiger partial charge in [0.1, 0.15) is 0 Å². The first-order valence-electron chi connectivity index (χ1n) is 8.26. The molecule has 3 aromatic heterocycles. The van der Waals surface area contributed by atoms with E-state index in [-0.39, 0.29) is 5.91 Å². The number of thiophene rings is 1. The minimum atomic E-state index is -0.313. The van der Waals surface area contributed by atoms with Crippen molar-refractivity contribution in [1.82, 2.24) is 15.2 Å². The van der Waals surface area contributed by atoms with Gasteiger partial charge in [-0.1, -0.05) is 6.07 Å². The van der Waals surface area contributed by atoms with E-state index < -0.39 is 0 Å². The molecule has 4 aromatic rings. The number of hydrogen-bond donors (Lipinski definition) is 2. The normalized spacial score (nSPS) is 10.6. The molecule has 0 aliphatic rings. The zero-order chi connectivity index (χ0) is 19.5. The summed E-state index contributed by atoms with van der Waals surface area (Å²) in [6.45, 7) is 0. The maximum atomic E-state index is 12.5. The highest BCUT2D eigenvalue weighted by Gasteiger charge is 2.15. The zero-order valence-corrected chi connectivity index (χ0v) is 16.7. The number of ether oxygens (including phenoxy) is 2. The van der Waals surface area contributed by atoms with Crippen LogP contribution in [-0.2, 0) is 0 Å². The maximum Gasteiger partial charge on any atom is 0.277 e. The Morgan fingerprint density at radius 3 is 2.71 bits per heavy atom. The Bertz CT molecular complexity index is 1100. The van der Waals surface area contributed by atoms with Gasteiger partial charge in [-0.2, -0.15) is 5.10 Å². The van der Waals surface area contributed by atoms with Crippen LogP contribution in [0.1, 0.15) is 10.5 Å². The van der Waals surface area contributed by atoms with Crippen LogP contribution in [0.3, 0.4) is 0 Å². The van der Waals surface area contributed by atoms with Crippen molar-refractivity contribution in [3.63, 3.8) is 0 Å². The van der Waals surface area contributed by atoms with Crippen LogP contribution >= 0.6 is 22.7 Å². The van der Waals surface area contributed by atoms with Crippen LogP contribution in [0.2, 0.25) is 0 Å². The first-order chi connectivity index (χ1) is 13.7. The van der Waals surface area contributed by atoms with E-state index >= 15 is 0 Å². The van der Waals surface area contributed by atoms with Crippen molar-refractivity contribution in [3.8, 4) is 33.3 Å². The Morgan fingerprint density at radius 1 is 1.11 bits per heavy atom. The van der Waals surface area contributed by atoms with Crippen molar-refractivity contribution in [3.05, 3.63) is 52.9 Å². The molecule has 0 atom stereocenters. The molecule has 0 fully saturated rings. The molecule has 7 nitrogen and oxygen atoms in total. The van der Waals surface area contributed by atoms with Crippen molar-refractivity contribution < 1.29 is 14.3 Å². The van der Waals surface area contributed by atoms with Crippen molar-refractivity contribution in [1.29, 1.82) is 0 Å². The summed E-state index contributed by atoms with van der Waals surface area (Å²) in [5.41, 5.74) is 2.73. The van der Waals surface area contributed by atoms with E-state index in [1.165, 1.54) is 11.3 Å². The lowest BCUT2D eigenvalue weighted by molar-refractivity contribution is 0.102. The number of carbonyl (C=O) groups excluding carboxylic acids is 1. The Morgan fingerprint density at radius 2 is 1.96 bits per heavy atom. The average molecular weight is 412 g/mol. The number of hydrogen-bond acceptors (Lipinski definition) is 7. The molecule has 1 aromatic carbocycles. The molecule has 28 heavy (non-hydrogen) atoms. The van der Waals surface area contributed by atoms with E-state index in [2.05, 4.69) is 20.5 Å². The standard InChI is InChI=1S/C19H16N4O3S2/c1-25-15-6-5-11(8-16(15)26-2)14-10-28-19(20-14)21-18(24)13-9-12(22-23-13)17-4-3-7-27-17/h3-10H,1-2H3,(H,22,23)(H,20,21,24). The molecular formula is C19H16N4O3S2. The molecule has 3 heterocycles. The lowest BCUT2D eigenvalue weighted by Crippen LogP contribution is -2.12. The highest BCUT2D eigenvalue weighted by Crippen LogP contribution is 2.33. The smallest absolute Gasteiger partial charge is 0.277 e. The quantitative estimate of drug-likeness (QED) is 0.486. The Kier molecular flexibility index (Phi) is 5.09. The van der Waals surface area contributed by atoms with E-state index in [1.807, 2.05) is 41.1 Å². The van der Waals surface area contributed by atoms with Gasteiger partial charge in [0, 0.05) is 10.9 Å². The van der Waals surface area contributed by atoms with Gasteiger partial charge in [0.05, 0.1) is 30.5 Å². The second-order valence-electron chi connectivity index (χ2n) is 5.71. The molecule has 0 unspecified atom stereocenters. The van der Waals surface area contributed by atoms with Crippen LogP contribution in [0.5, 0.6) is 11.5 Å². The summed E-state index contributed by atoms with van der Waals surface area (Å²) in [5, 5.41) is 14.1. The number of H-pyrrole nitrogens is 1. The number of thiazole rings is 1. The topological polar surface area (TPSA) is 89.1 Å². The van der Waals surface area contributed by atoms with E-state index in [0.29, 0.717) is 22.3 Å². The number of methoxy groups -OCH3 is 2. The fourth-order valence-corrected chi connectivity index (χ4v) is 4.02. The number of amides is 1. The first kappa shape index (κ1) is 18.2. The number of rotatable bonds is 6. The molecule has 142 valence electrons. The van der Waals surface area contributed by atoms with E-state index in [1.54, 1.807) is 31.6 Å². The monoisotopic (exact) mass is 412 g/mol. The van der Waals surface area contributed by atoms with Crippen molar-refractivity contribution in [2.45, 2.75) is 0 Å². The third kappa shape index (κ3) is 3.62. The number of nitrogens with one attached hydrogen (secondary N) is 2. The van der Waals surface area contributed by atoms with E-state index in [0.717, 1.165) is 21.8 Å². The van der Waals surface area contributed by atoms with Gasteiger partial charge < -0.3 is 9.47 Å². The van der Waals surface area contributed by atoms with Gasteiger partial charge in [-0.25, -0.2) is 4.98 Å². The molecule has 0 saturated heterocycles. The summed E-state index contributed by atoms with van der Waals surface area (Å²) in [7, 11) is 3.18. The summed E-state index contributed by atoms with van der Waals surface area (Å²) in [6, 6.07) is 11.2. The SMILES string of the molecule is COc1ccc(-c2csc(NC(=O)c3cc(-c4cccs4)[nH]n3)n2)cc1OC. The van der Waals surface area contributed by atoms with Crippen LogP contribution in [0.15, 0.2) is 47.2 Å². The van der Waals surface area contributed by atoms with Gasteiger partial charge in [-0.05, 0) is 35.7 Å². The van der Waals surface area contributed by atoms with Crippen molar-refractivity contribution in [2.24, 2.45) is 0 Å². The minimum Gasteiger partial charge on any atom is -0.493 e. The Hall–Kier alpha value is -3.17. The highest BCUT2D eigenvalue weighted by atomic mass is 32.1. The molecule has 4 rings (SSSR count). The molecule has 0 radical (unpaired) electrons. The summed E-state index contributed by atoms with van der Waals surface area (Å²) in [6.07, 6.45) is 0. The molecule has 0 saturated carbocycles. The number of benzene rings is 1. The molecule has 0 aliphatic heterocycles. The Labute approximate surface area is 169 Å². The average Bonchev–Trinajstić information content (AvgIpc) is 3.48. The van der Waals surface area contributed by atoms with E-state index in [4.69, 9.17) is 9.47 Å². The fourth-order valence-electron chi connectivity index (χ4n) is 2.62. The second-order valence-corrected chi connectivity index (χ2v) is 7.51. The lowest BCUT2D eigenvalue weighted by atomic mass is 10.1. The van der Waals surface area contributed by atoms with Gasteiger partial charge in [0.25, 0.3) is 5.91 Å². The molecular weight excluding hydrogens is 396 g/mol. The van der Waals surface area contributed by atoms with Gasteiger partial charge in [0.2, 0.25) is 0 Å². The van der Waals surface area contributed by atoms with Crippen LogP contribution in [-0.4, -0.2) is 35.3 Å². The summed E-state index contributed by atoms with van der Waals surface area (Å²) in [5.74, 6) is 0.957.